The van der Waals surface area contributed by atoms with E-state index in [1.165, 1.54) is 25.6 Å². The van der Waals surface area contributed by atoms with Gasteiger partial charge in [0.15, 0.2) is 0 Å². The van der Waals surface area contributed by atoms with Crippen molar-refractivity contribution in [3.05, 3.63) is 36.4 Å². The Morgan fingerprint density at radius 3 is 2.84 bits per heavy atom. The number of hydrogen-bond acceptors (Lipinski definition) is 5. The highest BCUT2D eigenvalue weighted by atomic mass is 32.2. The molecule has 3 rings (SSSR count). The van der Waals surface area contributed by atoms with Crippen LogP contribution < -0.4 is 9.62 Å². The van der Waals surface area contributed by atoms with E-state index in [4.69, 9.17) is 0 Å². The van der Waals surface area contributed by atoms with Gasteiger partial charge in [0.05, 0.1) is 11.4 Å². The molecule has 8 nitrogen and oxygen atoms in total. The fourth-order valence-electron chi connectivity index (χ4n) is 3.23. The van der Waals surface area contributed by atoms with E-state index in [1.807, 2.05) is 6.92 Å². The van der Waals surface area contributed by atoms with Gasteiger partial charge in [0.1, 0.15) is 12.7 Å². The molecule has 0 bridgehead atoms. The number of nitrogens with one attached hydrogen (secondary N) is 1. The van der Waals surface area contributed by atoms with E-state index in [1.54, 1.807) is 28.6 Å². The second-order valence-corrected chi connectivity index (χ2v) is 8.09. The van der Waals surface area contributed by atoms with Gasteiger partial charge in [-0.3, -0.25) is 9.48 Å². The van der Waals surface area contributed by atoms with Crippen LogP contribution in [-0.4, -0.2) is 41.2 Å². The number of aromatic nitrogens is 3. The molecule has 2 atom stereocenters. The molecular weight excluding hydrogens is 342 g/mol. The molecule has 0 aliphatic carbocycles. The summed E-state index contributed by atoms with van der Waals surface area (Å²) in [4.78, 5) is 17.5. The van der Waals surface area contributed by atoms with Crippen molar-refractivity contribution in [3.63, 3.8) is 0 Å². The molecule has 0 saturated heterocycles. The van der Waals surface area contributed by atoms with Crippen LogP contribution in [0.25, 0.3) is 0 Å². The quantitative estimate of drug-likeness (QED) is 0.853. The minimum atomic E-state index is -3.65. The van der Waals surface area contributed by atoms with Crippen LogP contribution >= 0.6 is 0 Å². The van der Waals surface area contributed by atoms with Crippen LogP contribution in [0.4, 0.5) is 5.69 Å². The van der Waals surface area contributed by atoms with E-state index in [2.05, 4.69) is 14.8 Å². The molecule has 1 aliphatic heterocycles. The third-order valence-corrected chi connectivity index (χ3v) is 5.79. The SMILES string of the molecule is CC(=O)N1c2ccc(S(=O)(=O)NC(C)Cn3cncn3)cc2CC1C. The Morgan fingerprint density at radius 2 is 2.20 bits per heavy atom. The summed E-state index contributed by atoms with van der Waals surface area (Å²) >= 11 is 0. The lowest BCUT2D eigenvalue weighted by atomic mass is 10.1. The monoisotopic (exact) mass is 363 g/mol. The van der Waals surface area contributed by atoms with E-state index in [0.29, 0.717) is 13.0 Å². The van der Waals surface area contributed by atoms with Gasteiger partial charge in [-0.15, -0.1) is 0 Å². The van der Waals surface area contributed by atoms with Crippen LogP contribution in [0.2, 0.25) is 0 Å². The zero-order chi connectivity index (χ0) is 18.2. The summed E-state index contributed by atoms with van der Waals surface area (Å²) in [6, 6.07) is 4.59. The van der Waals surface area contributed by atoms with Crippen molar-refractivity contribution < 1.29 is 13.2 Å². The minimum absolute atomic E-state index is 0.0321. The molecule has 2 heterocycles. The average molecular weight is 363 g/mol. The van der Waals surface area contributed by atoms with Crippen LogP contribution in [-0.2, 0) is 27.8 Å². The van der Waals surface area contributed by atoms with E-state index in [0.717, 1.165) is 11.3 Å². The van der Waals surface area contributed by atoms with Crippen LogP contribution in [0.1, 0.15) is 26.3 Å². The molecule has 1 N–H and O–H groups in total. The van der Waals surface area contributed by atoms with E-state index in [-0.39, 0.29) is 22.9 Å². The topological polar surface area (TPSA) is 97.2 Å². The molecule has 9 heteroatoms. The third-order valence-electron chi connectivity index (χ3n) is 4.20. The number of nitrogens with zero attached hydrogens (tertiary/aromatic N) is 4. The molecule has 25 heavy (non-hydrogen) atoms. The fourth-order valence-corrected chi connectivity index (χ4v) is 4.52. The number of amides is 1. The van der Waals surface area contributed by atoms with Gasteiger partial charge in [0.2, 0.25) is 15.9 Å². The van der Waals surface area contributed by atoms with Crippen molar-refractivity contribution in [2.75, 3.05) is 4.90 Å². The van der Waals surface area contributed by atoms with Gasteiger partial charge in [0.25, 0.3) is 0 Å². The van der Waals surface area contributed by atoms with Gasteiger partial charge in [-0.05, 0) is 44.0 Å². The Hall–Kier alpha value is -2.26. The molecule has 0 saturated carbocycles. The molecule has 0 fully saturated rings. The first-order chi connectivity index (χ1) is 11.8. The minimum Gasteiger partial charge on any atom is -0.309 e. The maximum atomic E-state index is 12.6. The predicted molar refractivity (Wildman–Crippen MR) is 92.6 cm³/mol. The summed E-state index contributed by atoms with van der Waals surface area (Å²) in [6.45, 7) is 5.63. The second-order valence-electron chi connectivity index (χ2n) is 6.37. The molecule has 0 radical (unpaired) electrons. The van der Waals surface area contributed by atoms with Crippen molar-refractivity contribution in [1.29, 1.82) is 0 Å². The summed E-state index contributed by atoms with van der Waals surface area (Å²) in [5.74, 6) is -0.0403. The average Bonchev–Trinajstić information content (AvgIpc) is 3.11. The van der Waals surface area contributed by atoms with Crippen molar-refractivity contribution in [2.24, 2.45) is 0 Å². The van der Waals surface area contributed by atoms with Gasteiger partial charge >= 0.3 is 0 Å². The number of hydrogen-bond donors (Lipinski definition) is 1. The summed E-state index contributed by atoms with van der Waals surface area (Å²) in [5, 5.41) is 3.97. The molecule has 1 aromatic carbocycles. The Bertz CT molecular complexity index is 879. The highest BCUT2D eigenvalue weighted by Crippen LogP contribution is 2.33. The third kappa shape index (κ3) is 3.57. The zero-order valence-corrected chi connectivity index (χ0v) is 15.2. The summed E-state index contributed by atoms with van der Waals surface area (Å²) in [7, 11) is -3.65. The largest absolute Gasteiger partial charge is 0.309 e. The number of sulfonamides is 1. The van der Waals surface area contributed by atoms with Gasteiger partial charge in [-0.2, -0.15) is 5.10 Å². The first-order valence-electron chi connectivity index (χ1n) is 8.05. The van der Waals surface area contributed by atoms with Crippen LogP contribution in [0, 0.1) is 0 Å². The Labute approximate surface area is 146 Å². The van der Waals surface area contributed by atoms with E-state index in [9.17, 15) is 13.2 Å². The van der Waals surface area contributed by atoms with Gasteiger partial charge in [-0.25, -0.2) is 18.1 Å². The molecule has 134 valence electrons. The molecule has 1 amide bonds. The van der Waals surface area contributed by atoms with E-state index >= 15 is 0 Å². The first kappa shape index (κ1) is 17.6. The highest BCUT2D eigenvalue weighted by Gasteiger charge is 2.30. The van der Waals surface area contributed by atoms with Crippen molar-refractivity contribution in [2.45, 2.75) is 50.7 Å². The Morgan fingerprint density at radius 1 is 1.44 bits per heavy atom. The Kier molecular flexibility index (Phi) is 4.61. The van der Waals surface area contributed by atoms with Crippen molar-refractivity contribution in [1.82, 2.24) is 19.5 Å². The summed E-state index contributed by atoms with van der Waals surface area (Å²) < 4.78 is 29.5. The van der Waals surface area contributed by atoms with Gasteiger partial charge in [-0.1, -0.05) is 0 Å². The maximum absolute atomic E-state index is 12.6. The van der Waals surface area contributed by atoms with Crippen molar-refractivity contribution in [3.8, 4) is 0 Å². The smallest absolute Gasteiger partial charge is 0.240 e. The lowest BCUT2D eigenvalue weighted by Gasteiger charge is -2.20. The number of carbonyl (C=O) groups is 1. The van der Waals surface area contributed by atoms with Crippen LogP contribution in [0.3, 0.4) is 0 Å². The molecule has 1 aliphatic rings. The maximum Gasteiger partial charge on any atom is 0.240 e. The van der Waals surface area contributed by atoms with Gasteiger partial charge in [0, 0.05) is 24.7 Å². The summed E-state index contributed by atoms with van der Waals surface area (Å²) in [6.07, 6.45) is 3.59. The fraction of sp³-hybridized carbons (Fsp3) is 0.438. The number of anilines is 1. The lowest BCUT2D eigenvalue weighted by Crippen LogP contribution is -2.35. The molecule has 1 aromatic heterocycles. The first-order valence-corrected chi connectivity index (χ1v) is 9.53. The van der Waals surface area contributed by atoms with E-state index < -0.39 is 10.0 Å². The predicted octanol–water partition coefficient (Wildman–Crippen LogP) is 0.943. The zero-order valence-electron chi connectivity index (χ0n) is 14.4. The van der Waals surface area contributed by atoms with Crippen LogP contribution in [0.15, 0.2) is 35.7 Å². The number of rotatable bonds is 5. The standard InChI is InChI=1S/C16H21N5O3S/c1-11(8-20-10-17-9-18-20)19-25(23,24)15-4-5-16-14(7-15)6-12(2)21(16)13(3)22/h4-5,7,9-12,19H,6,8H2,1-3H3. The lowest BCUT2D eigenvalue weighted by molar-refractivity contribution is -0.116. The molecule has 0 spiro atoms. The normalized spacial score (nSPS) is 18.2. The molecule has 2 aromatic rings. The number of benzene rings is 1. The van der Waals surface area contributed by atoms with Crippen molar-refractivity contribution >= 4 is 21.6 Å². The van der Waals surface area contributed by atoms with Crippen LogP contribution in [0.5, 0.6) is 0 Å². The number of fused-ring (bicyclic) bond motifs is 1. The highest BCUT2D eigenvalue weighted by molar-refractivity contribution is 7.89. The Balaban J connectivity index is 1.79. The molecular formula is C16H21N5O3S. The molecule has 2 unspecified atom stereocenters. The second kappa shape index (κ2) is 6.57. The summed E-state index contributed by atoms with van der Waals surface area (Å²) in [5.41, 5.74) is 1.66. The van der Waals surface area contributed by atoms with Gasteiger partial charge < -0.3 is 4.90 Å². The number of carbonyl (C=O) groups excluding carboxylic acids is 1.